The van der Waals surface area contributed by atoms with Gasteiger partial charge in [0.25, 0.3) is 0 Å². The lowest BCUT2D eigenvalue weighted by molar-refractivity contribution is 0.577. The minimum Gasteiger partial charge on any atom is -0.347 e. The van der Waals surface area contributed by atoms with E-state index in [2.05, 4.69) is 9.97 Å². The van der Waals surface area contributed by atoms with Gasteiger partial charge in [-0.05, 0) is 19.4 Å². The third-order valence-electron chi connectivity index (χ3n) is 2.35. The van der Waals surface area contributed by atoms with E-state index in [0.717, 1.165) is 0 Å². The summed E-state index contributed by atoms with van der Waals surface area (Å²) in [6.07, 6.45) is 1.85. The summed E-state index contributed by atoms with van der Waals surface area (Å²) in [5.74, 6) is 0.690. The zero-order valence-electron chi connectivity index (χ0n) is 10.1. The van der Waals surface area contributed by atoms with Crippen LogP contribution in [0.3, 0.4) is 0 Å². The van der Waals surface area contributed by atoms with Crippen LogP contribution in [-0.2, 0) is 9.84 Å². The summed E-state index contributed by atoms with van der Waals surface area (Å²) in [6.45, 7) is 1.63. The number of rotatable bonds is 5. The van der Waals surface area contributed by atoms with Gasteiger partial charge in [-0.15, -0.1) is 11.6 Å². The van der Waals surface area contributed by atoms with Crippen molar-refractivity contribution in [2.45, 2.75) is 23.6 Å². The van der Waals surface area contributed by atoms with Gasteiger partial charge >= 0.3 is 0 Å². The van der Waals surface area contributed by atoms with Gasteiger partial charge in [0, 0.05) is 26.2 Å². The second kappa shape index (κ2) is 5.64. The first-order valence-corrected chi connectivity index (χ1v) is 7.28. The Morgan fingerprint density at radius 2 is 2.12 bits per heavy atom. The maximum atomic E-state index is 12.1. The van der Waals surface area contributed by atoms with Crippen molar-refractivity contribution < 1.29 is 8.42 Å². The third-order valence-corrected chi connectivity index (χ3v) is 4.68. The van der Waals surface area contributed by atoms with Gasteiger partial charge in [0.2, 0.25) is 5.95 Å². The molecule has 0 aliphatic rings. The molecule has 0 bridgehead atoms. The lowest BCUT2D eigenvalue weighted by atomic mass is 10.4. The standard InChI is InChI=1S/C10H16ClN3O2S/c1-8(4-6-11)17(15,16)9-5-7-12-10(13-9)14(2)3/h5,7-8H,4,6H2,1-3H3. The highest BCUT2D eigenvalue weighted by atomic mass is 35.5. The molecule has 0 aliphatic carbocycles. The lowest BCUT2D eigenvalue weighted by Crippen LogP contribution is -2.21. The van der Waals surface area contributed by atoms with Gasteiger partial charge in [-0.3, -0.25) is 0 Å². The van der Waals surface area contributed by atoms with Gasteiger partial charge in [0.05, 0.1) is 5.25 Å². The normalized spacial score (nSPS) is 13.4. The Balaban J connectivity index is 3.11. The van der Waals surface area contributed by atoms with E-state index in [9.17, 15) is 8.42 Å². The van der Waals surface area contributed by atoms with Crippen LogP contribution in [0.5, 0.6) is 0 Å². The average Bonchev–Trinajstić information content (AvgIpc) is 2.29. The molecular weight excluding hydrogens is 262 g/mol. The van der Waals surface area contributed by atoms with Crippen LogP contribution in [0, 0.1) is 0 Å². The molecule has 96 valence electrons. The van der Waals surface area contributed by atoms with E-state index < -0.39 is 15.1 Å². The summed E-state index contributed by atoms with van der Waals surface area (Å²) in [5.41, 5.74) is 0. The number of hydrogen-bond donors (Lipinski definition) is 0. The fourth-order valence-electron chi connectivity index (χ4n) is 1.22. The Kier molecular flexibility index (Phi) is 4.70. The molecule has 1 aromatic heterocycles. The SMILES string of the molecule is CC(CCCl)S(=O)(=O)c1ccnc(N(C)C)n1. The largest absolute Gasteiger partial charge is 0.347 e. The molecule has 0 fully saturated rings. The monoisotopic (exact) mass is 277 g/mol. The van der Waals surface area contributed by atoms with Crippen LogP contribution in [0.15, 0.2) is 17.3 Å². The van der Waals surface area contributed by atoms with Crippen molar-refractivity contribution in [3.63, 3.8) is 0 Å². The van der Waals surface area contributed by atoms with Gasteiger partial charge < -0.3 is 4.90 Å². The highest BCUT2D eigenvalue weighted by molar-refractivity contribution is 7.92. The number of nitrogens with zero attached hydrogens (tertiary/aromatic N) is 3. The fourth-order valence-corrected chi connectivity index (χ4v) is 2.98. The Labute approximate surface area is 107 Å². The van der Waals surface area contributed by atoms with E-state index in [1.165, 1.54) is 12.3 Å². The van der Waals surface area contributed by atoms with E-state index in [0.29, 0.717) is 18.2 Å². The molecule has 1 aromatic rings. The van der Waals surface area contributed by atoms with Crippen LogP contribution in [0.4, 0.5) is 5.95 Å². The van der Waals surface area contributed by atoms with Crippen LogP contribution in [0.1, 0.15) is 13.3 Å². The molecule has 0 saturated carbocycles. The van der Waals surface area contributed by atoms with Gasteiger partial charge in [-0.25, -0.2) is 18.4 Å². The molecule has 1 atom stereocenters. The van der Waals surface area contributed by atoms with Crippen molar-refractivity contribution in [3.05, 3.63) is 12.3 Å². The molecule has 0 aliphatic heterocycles. The van der Waals surface area contributed by atoms with Gasteiger partial charge in [-0.2, -0.15) is 0 Å². The van der Waals surface area contributed by atoms with Gasteiger partial charge in [0.1, 0.15) is 0 Å². The Morgan fingerprint density at radius 3 is 2.65 bits per heavy atom. The highest BCUT2D eigenvalue weighted by Crippen LogP contribution is 2.17. The molecule has 7 heteroatoms. The molecule has 0 radical (unpaired) electrons. The topological polar surface area (TPSA) is 63.2 Å². The Hall–Kier alpha value is -0.880. The summed E-state index contributed by atoms with van der Waals surface area (Å²) >= 11 is 5.57. The van der Waals surface area contributed by atoms with Crippen molar-refractivity contribution in [2.24, 2.45) is 0 Å². The van der Waals surface area contributed by atoms with Gasteiger partial charge in [-0.1, -0.05) is 0 Å². The predicted octanol–water partition coefficient (Wildman–Crippen LogP) is 1.33. The van der Waals surface area contributed by atoms with Crippen molar-refractivity contribution in [1.82, 2.24) is 9.97 Å². The van der Waals surface area contributed by atoms with E-state index in [1.807, 2.05) is 0 Å². The molecule has 1 rings (SSSR count). The van der Waals surface area contributed by atoms with Crippen LogP contribution in [0.25, 0.3) is 0 Å². The smallest absolute Gasteiger partial charge is 0.225 e. The first-order valence-electron chi connectivity index (χ1n) is 5.20. The molecule has 1 unspecified atom stereocenters. The summed E-state index contributed by atoms with van der Waals surface area (Å²) < 4.78 is 24.3. The number of alkyl halides is 1. The fraction of sp³-hybridized carbons (Fsp3) is 0.600. The van der Waals surface area contributed by atoms with E-state index in [-0.39, 0.29) is 5.03 Å². The first-order chi connectivity index (χ1) is 7.89. The summed E-state index contributed by atoms with van der Waals surface area (Å²) in [4.78, 5) is 9.67. The Morgan fingerprint density at radius 1 is 1.47 bits per heavy atom. The van der Waals surface area contributed by atoms with Crippen LogP contribution >= 0.6 is 11.6 Å². The zero-order valence-corrected chi connectivity index (χ0v) is 11.7. The summed E-state index contributed by atoms with van der Waals surface area (Å²) in [6, 6.07) is 1.41. The molecule has 0 amide bonds. The van der Waals surface area contributed by atoms with Crippen LogP contribution < -0.4 is 4.90 Å². The van der Waals surface area contributed by atoms with Crippen LogP contribution in [-0.4, -0.2) is 43.6 Å². The quantitative estimate of drug-likeness (QED) is 0.600. The number of halogens is 1. The first kappa shape index (κ1) is 14.2. The molecule has 5 nitrogen and oxygen atoms in total. The molecule has 0 aromatic carbocycles. The minimum absolute atomic E-state index is 0.0498. The van der Waals surface area contributed by atoms with E-state index >= 15 is 0 Å². The van der Waals surface area contributed by atoms with Crippen molar-refractivity contribution in [2.75, 3.05) is 24.9 Å². The number of aromatic nitrogens is 2. The molecule has 0 spiro atoms. The number of hydrogen-bond acceptors (Lipinski definition) is 5. The Bertz CT molecular complexity index is 476. The molecule has 0 saturated heterocycles. The molecular formula is C10H16ClN3O2S. The third kappa shape index (κ3) is 3.29. The average molecular weight is 278 g/mol. The second-order valence-corrected chi connectivity index (χ2v) is 6.61. The van der Waals surface area contributed by atoms with Crippen LogP contribution in [0.2, 0.25) is 0 Å². The maximum Gasteiger partial charge on any atom is 0.225 e. The van der Waals surface area contributed by atoms with Crippen molar-refractivity contribution in [1.29, 1.82) is 0 Å². The molecule has 17 heavy (non-hydrogen) atoms. The van der Waals surface area contributed by atoms with E-state index in [4.69, 9.17) is 11.6 Å². The number of anilines is 1. The highest BCUT2D eigenvalue weighted by Gasteiger charge is 2.24. The number of sulfone groups is 1. The second-order valence-electron chi connectivity index (χ2n) is 3.92. The van der Waals surface area contributed by atoms with E-state index in [1.54, 1.807) is 25.9 Å². The maximum absolute atomic E-state index is 12.1. The van der Waals surface area contributed by atoms with Crippen molar-refractivity contribution >= 4 is 27.4 Å². The van der Waals surface area contributed by atoms with Gasteiger partial charge in [0.15, 0.2) is 14.9 Å². The summed E-state index contributed by atoms with van der Waals surface area (Å²) in [7, 11) is 0.0963. The summed E-state index contributed by atoms with van der Waals surface area (Å²) in [5, 5.41) is -0.487. The molecule has 0 N–H and O–H groups in total. The lowest BCUT2D eigenvalue weighted by Gasteiger charge is -2.13. The predicted molar refractivity (Wildman–Crippen MR) is 68.3 cm³/mol. The molecule has 1 heterocycles. The zero-order chi connectivity index (χ0) is 13.1. The van der Waals surface area contributed by atoms with Crippen molar-refractivity contribution in [3.8, 4) is 0 Å². The minimum atomic E-state index is -3.42.